The summed E-state index contributed by atoms with van der Waals surface area (Å²) in [7, 11) is 1.48. The van der Waals surface area contributed by atoms with Crippen LogP contribution in [0.1, 0.15) is 24.5 Å². The summed E-state index contributed by atoms with van der Waals surface area (Å²) >= 11 is 0. The summed E-state index contributed by atoms with van der Waals surface area (Å²) in [5, 5.41) is 11.0. The number of methoxy groups -OCH3 is 1. The Balaban J connectivity index is 2.29. The maximum Gasteiger partial charge on any atom is 0.311 e. The second-order valence-corrected chi connectivity index (χ2v) is 4.89. The average Bonchev–Trinajstić information content (AvgIpc) is 2.60. The molecule has 104 valence electrons. The number of rotatable bonds is 4. The van der Waals surface area contributed by atoms with E-state index in [2.05, 4.69) is 11.8 Å². The van der Waals surface area contributed by atoms with Crippen molar-refractivity contribution >= 4 is 5.69 Å². The van der Waals surface area contributed by atoms with Gasteiger partial charge < -0.3 is 9.64 Å². The summed E-state index contributed by atoms with van der Waals surface area (Å²) in [5.74, 6) is 0.368. The van der Waals surface area contributed by atoms with E-state index in [0.717, 1.165) is 44.5 Å². The molecule has 1 aromatic carbocycles. The highest BCUT2D eigenvalue weighted by atomic mass is 16.6. The van der Waals surface area contributed by atoms with Gasteiger partial charge in [0, 0.05) is 19.2 Å². The van der Waals surface area contributed by atoms with Crippen LogP contribution in [0.3, 0.4) is 0 Å². The maximum absolute atomic E-state index is 11.0. The first-order chi connectivity index (χ1) is 9.15. The molecule has 0 fully saturated rings. The van der Waals surface area contributed by atoms with E-state index >= 15 is 0 Å². The molecule has 0 bridgehead atoms. The molecule has 1 aliphatic rings. The summed E-state index contributed by atoms with van der Waals surface area (Å²) in [6.07, 6.45) is 2.95. The highest BCUT2D eigenvalue weighted by molar-refractivity contribution is 5.52. The van der Waals surface area contributed by atoms with Gasteiger partial charge in [0.1, 0.15) is 0 Å². The third-order valence-corrected chi connectivity index (χ3v) is 3.63. The predicted molar refractivity (Wildman–Crippen MR) is 73.8 cm³/mol. The van der Waals surface area contributed by atoms with Gasteiger partial charge in [-0.25, -0.2) is 0 Å². The predicted octanol–water partition coefficient (Wildman–Crippen LogP) is 2.41. The van der Waals surface area contributed by atoms with Crippen LogP contribution < -0.4 is 4.74 Å². The number of nitro benzene ring substituents is 1. The van der Waals surface area contributed by atoms with Crippen molar-refractivity contribution in [1.29, 1.82) is 0 Å². The molecule has 0 spiro atoms. The van der Waals surface area contributed by atoms with Crippen molar-refractivity contribution in [2.24, 2.45) is 0 Å². The van der Waals surface area contributed by atoms with E-state index in [1.807, 2.05) is 6.07 Å². The van der Waals surface area contributed by atoms with Crippen molar-refractivity contribution < 1.29 is 9.66 Å². The summed E-state index contributed by atoms with van der Waals surface area (Å²) < 4.78 is 5.13. The number of benzene rings is 1. The van der Waals surface area contributed by atoms with Gasteiger partial charge in [-0.05, 0) is 43.0 Å². The molecule has 0 radical (unpaired) electrons. The van der Waals surface area contributed by atoms with Crippen LogP contribution in [0.4, 0.5) is 5.69 Å². The Labute approximate surface area is 113 Å². The topological polar surface area (TPSA) is 55.6 Å². The minimum Gasteiger partial charge on any atom is -0.490 e. The third-order valence-electron chi connectivity index (χ3n) is 3.63. The fourth-order valence-electron chi connectivity index (χ4n) is 2.63. The fraction of sp³-hybridized carbons (Fsp3) is 0.571. The normalized spacial score (nSPS) is 15.7. The summed E-state index contributed by atoms with van der Waals surface area (Å²) in [6.45, 7) is 5.26. The number of nitro groups is 1. The minimum atomic E-state index is -0.367. The summed E-state index contributed by atoms with van der Waals surface area (Å²) in [5.41, 5.74) is 2.34. The maximum atomic E-state index is 11.0. The van der Waals surface area contributed by atoms with Crippen molar-refractivity contribution in [2.45, 2.75) is 26.2 Å². The third kappa shape index (κ3) is 3.04. The standard InChI is InChI=1S/C14H20N2O3/c1-3-6-15-7-4-11-9-13(16(17)18)14(19-2)10-12(11)5-8-15/h9-10H,3-8H2,1-2H3. The van der Waals surface area contributed by atoms with Crippen LogP contribution in [0.2, 0.25) is 0 Å². The summed E-state index contributed by atoms with van der Waals surface area (Å²) in [6, 6.07) is 3.52. The van der Waals surface area contributed by atoms with Crippen molar-refractivity contribution in [1.82, 2.24) is 4.90 Å². The van der Waals surface area contributed by atoms with Gasteiger partial charge >= 0.3 is 5.69 Å². The van der Waals surface area contributed by atoms with Gasteiger partial charge in [0.25, 0.3) is 0 Å². The molecule has 0 aliphatic carbocycles. The van der Waals surface area contributed by atoms with E-state index < -0.39 is 0 Å². The molecule has 0 amide bonds. The average molecular weight is 264 g/mol. The van der Waals surface area contributed by atoms with E-state index in [9.17, 15) is 10.1 Å². The molecule has 0 atom stereocenters. The highest BCUT2D eigenvalue weighted by Crippen LogP contribution is 2.32. The Bertz CT molecular complexity index is 474. The lowest BCUT2D eigenvalue weighted by atomic mass is 10.0. The molecule has 0 unspecified atom stereocenters. The molecule has 1 aliphatic heterocycles. The molecule has 0 saturated carbocycles. The van der Waals surface area contributed by atoms with Gasteiger partial charge in [0.15, 0.2) is 5.75 Å². The monoisotopic (exact) mass is 264 g/mol. The van der Waals surface area contributed by atoms with Gasteiger partial charge in [-0.2, -0.15) is 0 Å². The Hall–Kier alpha value is -1.62. The Morgan fingerprint density at radius 1 is 1.32 bits per heavy atom. The molecule has 1 heterocycles. The molecule has 5 heteroatoms. The molecule has 2 rings (SSSR count). The van der Waals surface area contributed by atoms with Gasteiger partial charge in [0.2, 0.25) is 0 Å². The molecular formula is C14H20N2O3. The van der Waals surface area contributed by atoms with Gasteiger partial charge in [0.05, 0.1) is 12.0 Å². The van der Waals surface area contributed by atoms with Crippen LogP contribution in [-0.2, 0) is 12.8 Å². The summed E-state index contributed by atoms with van der Waals surface area (Å²) in [4.78, 5) is 13.1. The molecule has 19 heavy (non-hydrogen) atoms. The lowest BCUT2D eigenvalue weighted by molar-refractivity contribution is -0.385. The Morgan fingerprint density at radius 3 is 2.47 bits per heavy atom. The molecular weight excluding hydrogens is 244 g/mol. The first kappa shape index (κ1) is 13.8. The zero-order chi connectivity index (χ0) is 13.8. The molecule has 1 aromatic rings. The number of ether oxygens (including phenoxy) is 1. The van der Waals surface area contributed by atoms with Crippen molar-refractivity contribution in [3.63, 3.8) is 0 Å². The zero-order valence-electron chi connectivity index (χ0n) is 11.5. The second kappa shape index (κ2) is 6.02. The van der Waals surface area contributed by atoms with Crippen molar-refractivity contribution in [2.75, 3.05) is 26.7 Å². The van der Waals surface area contributed by atoms with E-state index in [0.29, 0.717) is 5.75 Å². The first-order valence-corrected chi connectivity index (χ1v) is 6.72. The first-order valence-electron chi connectivity index (χ1n) is 6.72. The van der Waals surface area contributed by atoms with E-state index in [4.69, 9.17) is 4.74 Å². The van der Waals surface area contributed by atoms with Gasteiger partial charge in [-0.3, -0.25) is 10.1 Å². The molecule has 0 saturated heterocycles. The van der Waals surface area contributed by atoms with Gasteiger partial charge in [-0.15, -0.1) is 0 Å². The van der Waals surface area contributed by atoms with Gasteiger partial charge in [-0.1, -0.05) is 6.92 Å². The molecule has 0 N–H and O–H groups in total. The zero-order valence-corrected chi connectivity index (χ0v) is 11.5. The van der Waals surface area contributed by atoms with E-state index in [-0.39, 0.29) is 10.6 Å². The van der Waals surface area contributed by atoms with E-state index in [1.165, 1.54) is 12.7 Å². The van der Waals surface area contributed by atoms with Crippen LogP contribution >= 0.6 is 0 Å². The second-order valence-electron chi connectivity index (χ2n) is 4.89. The van der Waals surface area contributed by atoms with Crippen molar-refractivity contribution in [3.8, 4) is 5.75 Å². The SMILES string of the molecule is CCCN1CCc2cc(OC)c([N+](=O)[O-])cc2CC1. The molecule has 5 nitrogen and oxygen atoms in total. The largest absolute Gasteiger partial charge is 0.490 e. The fourth-order valence-corrected chi connectivity index (χ4v) is 2.63. The lowest BCUT2D eigenvalue weighted by Gasteiger charge is -2.18. The number of nitrogens with zero attached hydrogens (tertiary/aromatic N) is 2. The van der Waals surface area contributed by atoms with Crippen LogP contribution in [0, 0.1) is 10.1 Å². The van der Waals surface area contributed by atoms with Crippen LogP contribution in [0.15, 0.2) is 12.1 Å². The number of fused-ring (bicyclic) bond motifs is 1. The number of hydrogen-bond acceptors (Lipinski definition) is 4. The van der Waals surface area contributed by atoms with Crippen LogP contribution in [-0.4, -0.2) is 36.6 Å². The van der Waals surface area contributed by atoms with Crippen LogP contribution in [0.5, 0.6) is 5.75 Å². The number of hydrogen-bond donors (Lipinski definition) is 0. The van der Waals surface area contributed by atoms with Crippen LogP contribution in [0.25, 0.3) is 0 Å². The minimum absolute atomic E-state index is 0.0743. The Morgan fingerprint density at radius 2 is 1.95 bits per heavy atom. The Kier molecular flexibility index (Phi) is 4.37. The van der Waals surface area contributed by atoms with Crippen molar-refractivity contribution in [3.05, 3.63) is 33.4 Å². The smallest absolute Gasteiger partial charge is 0.311 e. The highest BCUT2D eigenvalue weighted by Gasteiger charge is 2.21. The lowest BCUT2D eigenvalue weighted by Crippen LogP contribution is -2.27. The quantitative estimate of drug-likeness (QED) is 0.619. The van der Waals surface area contributed by atoms with E-state index in [1.54, 1.807) is 6.07 Å². The molecule has 0 aromatic heterocycles.